The Bertz CT molecular complexity index is 176. The van der Waals surface area contributed by atoms with E-state index < -0.39 is 0 Å². The van der Waals surface area contributed by atoms with Crippen LogP contribution in [-0.2, 0) is 0 Å². The highest BCUT2D eigenvalue weighted by Crippen LogP contribution is 2.29. The smallest absolute Gasteiger partial charge is 0.180 e. The third-order valence-corrected chi connectivity index (χ3v) is 3.49. The van der Waals surface area contributed by atoms with Crippen LogP contribution in [0.2, 0.25) is 0 Å². The lowest BCUT2D eigenvalue weighted by Gasteiger charge is -2.28. The van der Waals surface area contributed by atoms with E-state index in [-0.39, 0.29) is 0 Å². The highest BCUT2D eigenvalue weighted by atomic mass is 32.1. The molecule has 0 aromatic heterocycles. The fourth-order valence-corrected chi connectivity index (χ4v) is 2.22. The Hall–Kier alpha value is -0.350. The molecule has 4 N–H and O–H groups in total. The summed E-state index contributed by atoms with van der Waals surface area (Å²) in [5, 5.41) is 3.69. The van der Waals surface area contributed by atoms with Crippen LogP contribution in [0.15, 0.2) is 0 Å². The van der Waals surface area contributed by atoms with Crippen LogP contribution in [0.3, 0.4) is 0 Å². The number of rotatable bonds is 3. The van der Waals surface area contributed by atoms with Crippen LogP contribution >= 0.6 is 12.2 Å². The van der Waals surface area contributed by atoms with Gasteiger partial charge in [-0.3, -0.25) is 0 Å². The average Bonchev–Trinajstić information content (AvgIpc) is 2.26. The minimum absolute atomic E-state index is 0.558. The van der Waals surface area contributed by atoms with Crippen molar-refractivity contribution in [2.45, 2.75) is 39.0 Å². The quantitative estimate of drug-likeness (QED) is 0.380. The molecular weight excluding hydrogens is 194 g/mol. The van der Waals surface area contributed by atoms with Crippen molar-refractivity contribution in [2.75, 3.05) is 6.54 Å². The molecule has 0 atom stereocenters. The first-order chi connectivity index (χ1) is 6.76. The summed E-state index contributed by atoms with van der Waals surface area (Å²) in [6.07, 6.45) is 6.76. The zero-order valence-electron chi connectivity index (χ0n) is 8.88. The van der Waals surface area contributed by atoms with Gasteiger partial charge in [0.15, 0.2) is 5.11 Å². The van der Waals surface area contributed by atoms with E-state index in [1.807, 2.05) is 0 Å². The standard InChI is InChI=1S/C10H21N3S/c1-2-8-3-5-9(6-4-8)7-12-10(14)13-11/h8-9H,2-7,11H2,1H3,(H2,12,13,14). The van der Waals surface area contributed by atoms with E-state index in [9.17, 15) is 0 Å². The van der Waals surface area contributed by atoms with E-state index >= 15 is 0 Å². The van der Waals surface area contributed by atoms with Crippen molar-refractivity contribution in [1.29, 1.82) is 0 Å². The molecule has 1 rings (SSSR count). The van der Waals surface area contributed by atoms with E-state index in [4.69, 9.17) is 18.1 Å². The number of nitrogens with one attached hydrogen (secondary N) is 2. The monoisotopic (exact) mass is 215 g/mol. The number of nitrogens with two attached hydrogens (primary N) is 1. The Morgan fingerprint density at radius 3 is 2.36 bits per heavy atom. The molecule has 0 aromatic carbocycles. The molecule has 0 aromatic rings. The molecule has 0 aliphatic heterocycles. The molecule has 1 fully saturated rings. The second-order valence-electron chi connectivity index (χ2n) is 4.15. The summed E-state index contributed by atoms with van der Waals surface area (Å²) >= 11 is 4.92. The van der Waals surface area contributed by atoms with Gasteiger partial charge in [-0.2, -0.15) is 0 Å². The number of hydrogen-bond donors (Lipinski definition) is 3. The molecule has 0 amide bonds. The number of thiocarbonyl (C=S) groups is 1. The maximum atomic E-state index is 5.18. The first-order valence-corrected chi connectivity index (χ1v) is 5.91. The SMILES string of the molecule is CCC1CCC(CNC(=S)NN)CC1. The Morgan fingerprint density at radius 1 is 1.29 bits per heavy atom. The Balaban J connectivity index is 2.13. The molecule has 3 nitrogen and oxygen atoms in total. The molecule has 1 saturated carbocycles. The molecule has 1 aliphatic rings. The van der Waals surface area contributed by atoms with Gasteiger partial charge in [-0.1, -0.05) is 26.2 Å². The van der Waals surface area contributed by atoms with Crippen LogP contribution in [-0.4, -0.2) is 11.7 Å². The fourth-order valence-electron chi connectivity index (χ4n) is 2.13. The maximum Gasteiger partial charge on any atom is 0.180 e. The van der Waals surface area contributed by atoms with E-state index in [0.29, 0.717) is 5.11 Å². The van der Waals surface area contributed by atoms with Crippen molar-refractivity contribution in [3.8, 4) is 0 Å². The predicted octanol–water partition coefficient (Wildman–Crippen LogP) is 1.54. The van der Waals surface area contributed by atoms with Crippen LogP contribution in [0, 0.1) is 11.8 Å². The molecule has 14 heavy (non-hydrogen) atoms. The molecule has 0 bridgehead atoms. The van der Waals surface area contributed by atoms with Gasteiger partial charge in [-0.25, -0.2) is 5.84 Å². The van der Waals surface area contributed by atoms with Crippen LogP contribution in [0.1, 0.15) is 39.0 Å². The molecule has 0 spiro atoms. The van der Waals surface area contributed by atoms with E-state index in [1.165, 1.54) is 32.1 Å². The van der Waals surface area contributed by atoms with Crippen molar-refractivity contribution < 1.29 is 0 Å². The predicted molar refractivity (Wildman–Crippen MR) is 63.7 cm³/mol. The third-order valence-electron chi connectivity index (χ3n) is 3.23. The topological polar surface area (TPSA) is 50.1 Å². The summed E-state index contributed by atoms with van der Waals surface area (Å²) in [4.78, 5) is 0. The average molecular weight is 215 g/mol. The van der Waals surface area contributed by atoms with Gasteiger partial charge in [0.05, 0.1) is 0 Å². The molecule has 0 saturated heterocycles. The summed E-state index contributed by atoms with van der Waals surface area (Å²) in [5.41, 5.74) is 2.44. The summed E-state index contributed by atoms with van der Waals surface area (Å²) < 4.78 is 0. The summed E-state index contributed by atoms with van der Waals surface area (Å²) in [7, 11) is 0. The Labute approximate surface area is 91.8 Å². The van der Waals surface area contributed by atoms with Gasteiger partial charge in [0, 0.05) is 6.54 Å². The van der Waals surface area contributed by atoms with Crippen molar-refractivity contribution in [3.63, 3.8) is 0 Å². The highest BCUT2D eigenvalue weighted by Gasteiger charge is 2.19. The molecule has 0 unspecified atom stereocenters. The normalized spacial score (nSPS) is 27.0. The molecule has 1 aliphatic carbocycles. The molecule has 4 heteroatoms. The number of hydrogen-bond acceptors (Lipinski definition) is 2. The largest absolute Gasteiger partial charge is 0.361 e. The minimum atomic E-state index is 0.558. The van der Waals surface area contributed by atoms with Gasteiger partial charge in [0.1, 0.15) is 0 Å². The summed E-state index contributed by atoms with van der Waals surface area (Å²) in [6.45, 7) is 3.26. The van der Waals surface area contributed by atoms with Crippen LogP contribution in [0.25, 0.3) is 0 Å². The lowest BCUT2D eigenvalue weighted by atomic mass is 9.81. The van der Waals surface area contributed by atoms with Gasteiger partial charge in [0.25, 0.3) is 0 Å². The molecule has 82 valence electrons. The molecule has 0 heterocycles. The van der Waals surface area contributed by atoms with Crippen LogP contribution in [0.5, 0.6) is 0 Å². The fraction of sp³-hybridized carbons (Fsp3) is 0.900. The maximum absolute atomic E-state index is 5.18. The van der Waals surface area contributed by atoms with Crippen LogP contribution in [0.4, 0.5) is 0 Å². The second kappa shape index (κ2) is 6.19. The van der Waals surface area contributed by atoms with Gasteiger partial charge < -0.3 is 10.7 Å². The zero-order valence-corrected chi connectivity index (χ0v) is 9.70. The molecular formula is C10H21N3S. The van der Waals surface area contributed by atoms with Gasteiger partial charge >= 0.3 is 0 Å². The zero-order chi connectivity index (χ0) is 10.4. The Morgan fingerprint density at radius 2 is 1.86 bits per heavy atom. The summed E-state index contributed by atoms with van der Waals surface area (Å²) in [6, 6.07) is 0. The second-order valence-corrected chi connectivity index (χ2v) is 4.56. The van der Waals surface area contributed by atoms with Gasteiger partial charge in [-0.05, 0) is 36.9 Å². The number of hydrazine groups is 1. The van der Waals surface area contributed by atoms with E-state index in [0.717, 1.165) is 18.4 Å². The first kappa shape index (κ1) is 11.7. The Kier molecular flexibility index (Phi) is 5.19. The van der Waals surface area contributed by atoms with Crippen molar-refractivity contribution >= 4 is 17.3 Å². The van der Waals surface area contributed by atoms with E-state index in [2.05, 4.69) is 17.7 Å². The van der Waals surface area contributed by atoms with Crippen molar-refractivity contribution in [3.05, 3.63) is 0 Å². The van der Waals surface area contributed by atoms with Crippen LogP contribution < -0.4 is 16.6 Å². The first-order valence-electron chi connectivity index (χ1n) is 5.50. The molecule has 0 radical (unpaired) electrons. The van der Waals surface area contributed by atoms with Crippen molar-refractivity contribution in [2.24, 2.45) is 17.7 Å². The summed E-state index contributed by atoms with van der Waals surface area (Å²) in [5.74, 6) is 6.92. The van der Waals surface area contributed by atoms with Gasteiger partial charge in [0.2, 0.25) is 0 Å². The lowest BCUT2D eigenvalue weighted by Crippen LogP contribution is -2.42. The lowest BCUT2D eigenvalue weighted by molar-refractivity contribution is 0.269. The van der Waals surface area contributed by atoms with E-state index in [1.54, 1.807) is 0 Å². The van der Waals surface area contributed by atoms with Crippen molar-refractivity contribution in [1.82, 2.24) is 10.7 Å². The highest BCUT2D eigenvalue weighted by molar-refractivity contribution is 7.80. The van der Waals surface area contributed by atoms with Gasteiger partial charge in [-0.15, -0.1) is 0 Å². The third kappa shape index (κ3) is 3.80. The minimum Gasteiger partial charge on any atom is -0.361 e.